The quantitative estimate of drug-likeness (QED) is 0.683. The third-order valence-electron chi connectivity index (χ3n) is 1.98. The van der Waals surface area contributed by atoms with Crippen molar-refractivity contribution in [1.82, 2.24) is 0 Å². The predicted octanol–water partition coefficient (Wildman–Crippen LogP) is 2.34. The second-order valence-corrected chi connectivity index (χ2v) is 3.55. The molecule has 1 rings (SSSR count). The van der Waals surface area contributed by atoms with Crippen LogP contribution in [-0.2, 0) is 10.1 Å². The molecule has 0 heterocycles. The number of benzene rings is 1. The molecule has 0 atom stereocenters. The first-order valence-corrected chi connectivity index (χ1v) is 5.75. The van der Waals surface area contributed by atoms with Crippen LogP contribution in [0.25, 0.3) is 0 Å². The Bertz CT molecular complexity index is 451. The van der Waals surface area contributed by atoms with Crippen molar-refractivity contribution in [3.8, 4) is 11.8 Å². The molecule has 4 nitrogen and oxygen atoms in total. The molecular weight excluding hydrogens is 274 g/mol. The molecule has 0 bridgehead atoms. The molecule has 0 aliphatic rings. The topological polar surface area (TPSA) is 70.3 Å². The number of phenols is 1. The van der Waals surface area contributed by atoms with Crippen LogP contribution in [0.1, 0.15) is 28.4 Å². The van der Waals surface area contributed by atoms with Crippen molar-refractivity contribution in [2.24, 2.45) is 0 Å². The molecule has 16 heavy (non-hydrogen) atoms. The number of hydrogen-bond acceptors (Lipinski definition) is 4. The summed E-state index contributed by atoms with van der Waals surface area (Å²) in [4.78, 5) is 11.6. The molecule has 84 valence electrons. The Balaban J connectivity index is 3.29. The number of carbonyl (C=O) groups excluding carboxylic acids is 1. The number of esters is 1. The number of phenolic OH excluding ortho intramolecular Hbond substituents is 1. The van der Waals surface area contributed by atoms with E-state index < -0.39 is 5.97 Å². The van der Waals surface area contributed by atoms with Gasteiger partial charge >= 0.3 is 5.97 Å². The average Bonchev–Trinajstić information content (AvgIpc) is 2.28. The molecule has 1 N–H and O–H groups in total. The summed E-state index contributed by atoms with van der Waals surface area (Å²) >= 11 is 3.17. The number of rotatable bonds is 3. The minimum absolute atomic E-state index is 0.0843. The van der Waals surface area contributed by atoms with Crippen LogP contribution in [0.4, 0.5) is 0 Å². The number of hydrogen-bond donors (Lipinski definition) is 1. The van der Waals surface area contributed by atoms with E-state index in [2.05, 4.69) is 15.9 Å². The highest BCUT2D eigenvalue weighted by Gasteiger charge is 2.16. The van der Waals surface area contributed by atoms with Gasteiger partial charge in [-0.25, -0.2) is 4.79 Å². The second kappa shape index (κ2) is 5.52. The molecule has 0 saturated carbocycles. The van der Waals surface area contributed by atoms with Crippen molar-refractivity contribution in [3.63, 3.8) is 0 Å². The minimum atomic E-state index is -0.538. The minimum Gasteiger partial charge on any atom is -0.508 e. The van der Waals surface area contributed by atoms with Gasteiger partial charge in [0.15, 0.2) is 0 Å². The van der Waals surface area contributed by atoms with Crippen molar-refractivity contribution >= 4 is 21.9 Å². The molecule has 0 aliphatic heterocycles. The molecule has 0 radical (unpaired) electrons. The normalized spacial score (nSPS) is 9.56. The first-order valence-electron chi connectivity index (χ1n) is 4.63. The molecule has 0 aliphatic carbocycles. The van der Waals surface area contributed by atoms with Gasteiger partial charge in [-0.1, -0.05) is 15.9 Å². The highest BCUT2D eigenvalue weighted by Crippen LogP contribution is 2.26. The Labute approximate surface area is 102 Å². The summed E-state index contributed by atoms with van der Waals surface area (Å²) in [5, 5.41) is 18.7. The standard InChI is InChI=1S/C11H10BrNO3/c1-2-16-11(15)8-3-7(6-13)4-10(14)9(8)5-12/h3-4,14H,2,5H2,1H3. The highest BCUT2D eigenvalue weighted by molar-refractivity contribution is 9.08. The first-order chi connectivity index (χ1) is 7.63. The lowest BCUT2D eigenvalue weighted by Gasteiger charge is -2.08. The third-order valence-corrected chi connectivity index (χ3v) is 2.55. The zero-order valence-electron chi connectivity index (χ0n) is 8.66. The summed E-state index contributed by atoms with van der Waals surface area (Å²) in [7, 11) is 0. The maximum absolute atomic E-state index is 11.6. The van der Waals surface area contributed by atoms with Gasteiger partial charge < -0.3 is 9.84 Å². The zero-order valence-corrected chi connectivity index (χ0v) is 10.2. The van der Waals surface area contributed by atoms with Crippen molar-refractivity contribution in [2.45, 2.75) is 12.3 Å². The fraction of sp³-hybridized carbons (Fsp3) is 0.273. The summed E-state index contributed by atoms with van der Waals surface area (Å²) in [5.74, 6) is -0.622. The van der Waals surface area contributed by atoms with Gasteiger partial charge in [0.05, 0.1) is 23.8 Å². The zero-order chi connectivity index (χ0) is 12.1. The summed E-state index contributed by atoms with van der Waals surface area (Å²) in [6.45, 7) is 1.94. The van der Waals surface area contributed by atoms with Crippen LogP contribution in [0, 0.1) is 11.3 Å². The Hall–Kier alpha value is -1.54. The SMILES string of the molecule is CCOC(=O)c1cc(C#N)cc(O)c1CBr. The van der Waals surface area contributed by atoms with Gasteiger partial charge in [-0.3, -0.25) is 0 Å². The van der Waals surface area contributed by atoms with Crippen molar-refractivity contribution in [3.05, 3.63) is 28.8 Å². The lowest BCUT2D eigenvalue weighted by Crippen LogP contribution is -2.08. The number of aromatic hydroxyl groups is 1. The van der Waals surface area contributed by atoms with E-state index in [0.717, 1.165) is 0 Å². The van der Waals surface area contributed by atoms with Crippen LogP contribution in [0.3, 0.4) is 0 Å². The molecule has 0 fully saturated rings. The van der Waals surface area contributed by atoms with E-state index in [4.69, 9.17) is 10.00 Å². The lowest BCUT2D eigenvalue weighted by molar-refractivity contribution is 0.0525. The van der Waals surface area contributed by atoms with Crippen LogP contribution in [0.5, 0.6) is 5.75 Å². The monoisotopic (exact) mass is 283 g/mol. The molecule has 1 aromatic rings. The van der Waals surface area contributed by atoms with Gasteiger partial charge in [-0.15, -0.1) is 0 Å². The fourth-order valence-electron chi connectivity index (χ4n) is 1.25. The number of halogens is 1. The number of nitrogens with zero attached hydrogens (tertiary/aromatic N) is 1. The number of ether oxygens (including phenoxy) is 1. The third kappa shape index (κ3) is 2.52. The van der Waals surface area contributed by atoms with Gasteiger partial charge in [0.1, 0.15) is 5.75 Å². The van der Waals surface area contributed by atoms with E-state index in [1.165, 1.54) is 12.1 Å². The summed E-state index contributed by atoms with van der Waals surface area (Å²) < 4.78 is 4.84. The largest absolute Gasteiger partial charge is 0.508 e. The van der Waals surface area contributed by atoms with Gasteiger partial charge in [0.2, 0.25) is 0 Å². The molecule has 0 saturated heterocycles. The maximum Gasteiger partial charge on any atom is 0.338 e. The van der Waals surface area contributed by atoms with Crippen LogP contribution in [0.2, 0.25) is 0 Å². The highest BCUT2D eigenvalue weighted by atomic mass is 79.9. The van der Waals surface area contributed by atoms with Crippen molar-refractivity contribution in [2.75, 3.05) is 6.61 Å². The predicted molar refractivity (Wildman–Crippen MR) is 61.4 cm³/mol. The Kier molecular flexibility index (Phi) is 4.32. The first kappa shape index (κ1) is 12.5. The van der Waals surface area contributed by atoms with Gasteiger partial charge in [-0.2, -0.15) is 5.26 Å². The van der Waals surface area contributed by atoms with E-state index in [1.807, 2.05) is 6.07 Å². The maximum atomic E-state index is 11.6. The Morgan fingerprint density at radius 2 is 2.31 bits per heavy atom. The molecule has 0 amide bonds. The van der Waals surface area contributed by atoms with E-state index in [-0.39, 0.29) is 23.5 Å². The number of nitriles is 1. The Morgan fingerprint density at radius 3 is 2.81 bits per heavy atom. The van der Waals surface area contributed by atoms with Crippen LogP contribution in [0.15, 0.2) is 12.1 Å². The second-order valence-electron chi connectivity index (χ2n) is 2.99. The number of alkyl halides is 1. The summed E-state index contributed by atoms with van der Waals surface area (Å²) in [6, 6.07) is 4.60. The van der Waals surface area contributed by atoms with Crippen molar-refractivity contribution in [1.29, 1.82) is 5.26 Å². The molecule has 0 aromatic heterocycles. The van der Waals surface area contributed by atoms with E-state index >= 15 is 0 Å². The molecule has 0 spiro atoms. The van der Waals surface area contributed by atoms with Gasteiger partial charge in [0, 0.05) is 10.9 Å². The van der Waals surface area contributed by atoms with Crippen LogP contribution >= 0.6 is 15.9 Å². The molecule has 1 aromatic carbocycles. The fourth-order valence-corrected chi connectivity index (χ4v) is 1.84. The molecule has 0 unspecified atom stereocenters. The lowest BCUT2D eigenvalue weighted by atomic mass is 10.0. The van der Waals surface area contributed by atoms with E-state index in [9.17, 15) is 9.90 Å². The summed E-state index contributed by atoms with van der Waals surface area (Å²) in [6.07, 6.45) is 0. The smallest absolute Gasteiger partial charge is 0.338 e. The van der Waals surface area contributed by atoms with Crippen molar-refractivity contribution < 1.29 is 14.6 Å². The molecule has 5 heteroatoms. The van der Waals surface area contributed by atoms with Gasteiger partial charge in [-0.05, 0) is 19.1 Å². The number of carbonyl (C=O) groups is 1. The average molecular weight is 284 g/mol. The summed E-state index contributed by atoms with van der Waals surface area (Å²) in [5.41, 5.74) is 0.873. The Morgan fingerprint density at radius 1 is 1.62 bits per heavy atom. The van der Waals surface area contributed by atoms with E-state index in [1.54, 1.807) is 6.92 Å². The molecular formula is C11H10BrNO3. The van der Waals surface area contributed by atoms with Gasteiger partial charge in [0.25, 0.3) is 0 Å². The van der Waals surface area contributed by atoms with Crippen LogP contribution < -0.4 is 0 Å². The van der Waals surface area contributed by atoms with E-state index in [0.29, 0.717) is 10.9 Å². The van der Waals surface area contributed by atoms with Crippen LogP contribution in [-0.4, -0.2) is 17.7 Å².